The van der Waals surface area contributed by atoms with Crippen molar-refractivity contribution in [1.82, 2.24) is 0 Å². The number of fused-ring (bicyclic) bond motifs is 6. The van der Waals surface area contributed by atoms with Gasteiger partial charge in [0.05, 0.1) is 11.4 Å². The summed E-state index contributed by atoms with van der Waals surface area (Å²) < 4.78 is 0. The summed E-state index contributed by atoms with van der Waals surface area (Å²) in [6.45, 7) is 0. The van der Waals surface area contributed by atoms with Crippen molar-refractivity contribution in [3.63, 3.8) is 0 Å². The average Bonchev–Trinajstić information content (AvgIpc) is 2.79. The van der Waals surface area contributed by atoms with Gasteiger partial charge in [-0.2, -0.15) is 0 Å². The van der Waals surface area contributed by atoms with E-state index in [1.807, 2.05) is 35.3 Å². The lowest BCUT2D eigenvalue weighted by atomic mass is 10.0. The van der Waals surface area contributed by atoms with Gasteiger partial charge < -0.3 is 4.90 Å². The van der Waals surface area contributed by atoms with Gasteiger partial charge in [0, 0.05) is 36.4 Å². The summed E-state index contributed by atoms with van der Waals surface area (Å²) in [5, 5.41) is 0. The molecule has 0 atom stereocenters. The quantitative estimate of drug-likeness (QED) is 0.229. The molecule has 0 aromatic heterocycles. The van der Waals surface area contributed by atoms with E-state index in [1.165, 1.54) is 63.0 Å². The zero-order chi connectivity index (χ0) is 20.5. The molecule has 0 N–H and O–H groups in total. The first-order valence-electron chi connectivity index (χ1n) is 10.5. The molecule has 3 aliphatic heterocycles. The Morgan fingerprint density at radius 2 is 0.968 bits per heavy atom. The van der Waals surface area contributed by atoms with E-state index in [0.717, 1.165) is 12.8 Å². The van der Waals surface area contributed by atoms with Crippen LogP contribution in [0, 0.1) is 0 Å². The minimum Gasteiger partial charge on any atom is -0.343 e. The second-order valence-corrected chi connectivity index (χ2v) is 11.5. The molecule has 7 rings (SSSR count). The molecule has 3 heterocycles. The van der Waals surface area contributed by atoms with Crippen LogP contribution in [-0.2, 0) is 12.8 Å². The Labute approximate surface area is 195 Å². The van der Waals surface area contributed by atoms with Gasteiger partial charge in [-0.1, -0.05) is 71.7 Å². The number of benzene rings is 4. The summed E-state index contributed by atoms with van der Waals surface area (Å²) in [6, 6.07) is 27.3. The summed E-state index contributed by atoms with van der Waals surface area (Å²) in [4.78, 5) is 10.7. The second kappa shape index (κ2) is 6.86. The molecule has 4 aromatic rings. The third kappa shape index (κ3) is 2.89. The summed E-state index contributed by atoms with van der Waals surface area (Å²) >= 11 is 5.76. The molecule has 4 heteroatoms. The topological polar surface area (TPSA) is 3.24 Å². The maximum absolute atomic E-state index is 2.43. The van der Waals surface area contributed by atoms with E-state index >= 15 is 0 Å². The number of hydrogen-bond donors (Lipinski definition) is 0. The predicted molar refractivity (Wildman–Crippen MR) is 132 cm³/mol. The third-order valence-electron chi connectivity index (χ3n) is 6.37. The Bertz CT molecular complexity index is 1290. The average molecular weight is 454 g/mol. The molecule has 0 amide bonds. The smallest absolute Gasteiger partial charge is 0.0561 e. The summed E-state index contributed by atoms with van der Waals surface area (Å²) in [5.41, 5.74) is 8.44. The van der Waals surface area contributed by atoms with Gasteiger partial charge >= 0.3 is 0 Å². The van der Waals surface area contributed by atoms with Crippen molar-refractivity contribution in [2.45, 2.75) is 42.2 Å². The van der Waals surface area contributed by atoms with Gasteiger partial charge in [0.1, 0.15) is 0 Å². The minimum absolute atomic E-state index is 1.03. The molecular weight excluding hydrogens is 435 g/mol. The number of anilines is 2. The Kier molecular flexibility index (Phi) is 4.05. The van der Waals surface area contributed by atoms with Crippen molar-refractivity contribution in [2.24, 2.45) is 0 Å². The van der Waals surface area contributed by atoms with E-state index in [-0.39, 0.29) is 0 Å². The fourth-order valence-electron chi connectivity index (χ4n) is 4.73. The monoisotopic (exact) mass is 453 g/mol. The molecule has 150 valence electrons. The fraction of sp³-hybridized carbons (Fsp3) is 0.111. The molecule has 1 nitrogen and oxygen atoms in total. The van der Waals surface area contributed by atoms with Gasteiger partial charge in [-0.25, -0.2) is 0 Å². The first kappa shape index (κ1) is 18.3. The summed E-state index contributed by atoms with van der Waals surface area (Å²) in [5.74, 6) is 0. The van der Waals surface area contributed by atoms with E-state index < -0.39 is 0 Å². The molecular formula is C27H19NS3. The summed E-state index contributed by atoms with van der Waals surface area (Å²) in [7, 11) is 2.22. The molecule has 0 aliphatic carbocycles. The Morgan fingerprint density at radius 1 is 0.516 bits per heavy atom. The van der Waals surface area contributed by atoms with Crippen LogP contribution in [0.4, 0.5) is 11.4 Å². The van der Waals surface area contributed by atoms with Crippen molar-refractivity contribution < 1.29 is 0 Å². The second-order valence-electron chi connectivity index (χ2n) is 8.29. The molecule has 0 bridgehead atoms. The molecule has 0 saturated carbocycles. The van der Waals surface area contributed by atoms with Crippen LogP contribution in [0.1, 0.15) is 22.3 Å². The Morgan fingerprint density at radius 3 is 1.48 bits per heavy atom. The lowest BCUT2D eigenvalue weighted by Gasteiger charge is -2.33. The summed E-state index contributed by atoms with van der Waals surface area (Å²) in [6.07, 6.45) is 2.06. The van der Waals surface area contributed by atoms with Crippen LogP contribution in [0.15, 0.2) is 102 Å². The largest absolute Gasteiger partial charge is 0.343 e. The van der Waals surface area contributed by atoms with Crippen molar-refractivity contribution in [3.8, 4) is 0 Å². The number of rotatable bonds is 0. The zero-order valence-corrected chi connectivity index (χ0v) is 19.5. The van der Waals surface area contributed by atoms with Crippen molar-refractivity contribution >= 4 is 46.7 Å². The van der Waals surface area contributed by atoms with Crippen LogP contribution < -0.4 is 4.90 Å². The van der Waals surface area contributed by atoms with Crippen LogP contribution in [0.3, 0.4) is 0 Å². The first-order valence-corrected chi connectivity index (χ1v) is 12.9. The van der Waals surface area contributed by atoms with Gasteiger partial charge in [0.25, 0.3) is 0 Å². The van der Waals surface area contributed by atoms with Crippen LogP contribution in [0.2, 0.25) is 0 Å². The SMILES string of the molecule is CN1c2cc3c(cc2Sc2cc4c(cc21)Sc1ccccc1C4)Cc1ccccc1S3. The highest BCUT2D eigenvalue weighted by Crippen LogP contribution is 2.53. The first-order chi connectivity index (χ1) is 15.2. The molecule has 0 saturated heterocycles. The van der Waals surface area contributed by atoms with E-state index in [9.17, 15) is 0 Å². The molecule has 0 unspecified atom stereocenters. The Hall–Kier alpha value is -2.27. The van der Waals surface area contributed by atoms with E-state index in [4.69, 9.17) is 0 Å². The Balaban J connectivity index is 1.30. The molecule has 4 aromatic carbocycles. The molecule has 3 aliphatic rings. The minimum atomic E-state index is 1.03. The van der Waals surface area contributed by atoms with Gasteiger partial charge in [-0.3, -0.25) is 0 Å². The van der Waals surface area contributed by atoms with Crippen LogP contribution in [-0.4, -0.2) is 7.05 Å². The van der Waals surface area contributed by atoms with E-state index in [1.54, 1.807) is 0 Å². The van der Waals surface area contributed by atoms with Crippen LogP contribution >= 0.6 is 35.3 Å². The highest BCUT2D eigenvalue weighted by Gasteiger charge is 2.27. The fourth-order valence-corrected chi connectivity index (χ4v) is 8.15. The normalized spacial score (nSPS) is 15.2. The molecule has 0 radical (unpaired) electrons. The van der Waals surface area contributed by atoms with E-state index in [0.29, 0.717) is 0 Å². The lowest BCUT2D eigenvalue weighted by molar-refractivity contribution is 0.998. The predicted octanol–water partition coefficient (Wildman–Crippen LogP) is 8.03. The van der Waals surface area contributed by atoms with Gasteiger partial charge in [0.2, 0.25) is 0 Å². The third-order valence-corrected chi connectivity index (χ3v) is 9.90. The maximum atomic E-state index is 2.43. The molecule has 0 spiro atoms. The lowest BCUT2D eigenvalue weighted by Crippen LogP contribution is -2.16. The van der Waals surface area contributed by atoms with Crippen LogP contribution in [0.5, 0.6) is 0 Å². The van der Waals surface area contributed by atoms with Crippen molar-refractivity contribution in [3.05, 3.63) is 95.1 Å². The van der Waals surface area contributed by atoms with Crippen molar-refractivity contribution in [1.29, 1.82) is 0 Å². The zero-order valence-electron chi connectivity index (χ0n) is 17.0. The highest BCUT2D eigenvalue weighted by molar-refractivity contribution is 8.00. The van der Waals surface area contributed by atoms with Gasteiger partial charge in [-0.05, 0) is 71.5 Å². The van der Waals surface area contributed by atoms with E-state index in [2.05, 4.69) is 84.7 Å². The van der Waals surface area contributed by atoms with Gasteiger partial charge in [-0.15, -0.1) is 0 Å². The standard InChI is InChI=1S/C27H19NS3/c1-28-20-14-24-18(10-16-6-2-4-8-22(16)29-24)12-26(20)31-27-13-19-11-17-7-3-5-9-23(17)30-25(19)15-21(27)28/h2-9,12-15H,10-11H2,1H3. The van der Waals surface area contributed by atoms with Gasteiger partial charge in [0.15, 0.2) is 0 Å². The van der Waals surface area contributed by atoms with Crippen LogP contribution in [0.25, 0.3) is 0 Å². The highest BCUT2D eigenvalue weighted by atomic mass is 32.2. The molecule has 0 fully saturated rings. The number of hydrogen-bond acceptors (Lipinski definition) is 4. The number of nitrogens with zero attached hydrogens (tertiary/aromatic N) is 1. The molecule has 31 heavy (non-hydrogen) atoms. The maximum Gasteiger partial charge on any atom is 0.0561 e. The van der Waals surface area contributed by atoms with Crippen molar-refractivity contribution in [2.75, 3.05) is 11.9 Å².